The number of nitrogens with one attached hydrogen (secondary N) is 1. The van der Waals surface area contributed by atoms with E-state index in [0.29, 0.717) is 5.75 Å². The van der Waals surface area contributed by atoms with Crippen LogP contribution in [-0.4, -0.2) is 48.9 Å². The molecule has 0 saturated heterocycles. The number of rotatable bonds is 12. The Balaban J connectivity index is 1.73. The van der Waals surface area contributed by atoms with Crippen LogP contribution in [0.2, 0.25) is 0 Å². The minimum atomic E-state index is -1.05. The van der Waals surface area contributed by atoms with Gasteiger partial charge in [-0.25, -0.2) is 9.78 Å². The van der Waals surface area contributed by atoms with E-state index in [-0.39, 0.29) is 17.2 Å². The number of esters is 2. The third-order valence-electron chi connectivity index (χ3n) is 5.33. The molecule has 0 aliphatic heterocycles. The van der Waals surface area contributed by atoms with E-state index < -0.39 is 42.9 Å². The monoisotopic (exact) mass is 522 g/mol. The number of para-hydroxylation sites is 1. The quantitative estimate of drug-likeness (QED) is 0.279. The number of nitrogens with zero attached hydrogens (tertiary/aromatic N) is 1. The highest BCUT2D eigenvalue weighted by Crippen LogP contribution is 2.30. The molecule has 0 spiro atoms. The molecule has 3 atom stereocenters. The Kier molecular flexibility index (Phi) is 10.0. The largest absolute Gasteiger partial charge is 0.493 e. The lowest BCUT2D eigenvalue weighted by Crippen LogP contribution is -2.41. The van der Waals surface area contributed by atoms with Gasteiger partial charge in [-0.05, 0) is 31.5 Å². The van der Waals surface area contributed by atoms with E-state index in [4.69, 9.17) is 23.7 Å². The molecule has 1 aromatic heterocycles. The summed E-state index contributed by atoms with van der Waals surface area (Å²) in [7, 11) is 1.39. The van der Waals surface area contributed by atoms with Crippen LogP contribution in [0.4, 0.5) is 0 Å². The van der Waals surface area contributed by atoms with Crippen LogP contribution >= 0.6 is 0 Å². The van der Waals surface area contributed by atoms with Gasteiger partial charge in [0.15, 0.2) is 23.3 Å². The average molecular weight is 523 g/mol. The number of benzene rings is 2. The molecule has 0 saturated carbocycles. The number of carbonyl (C=O) groups excluding carboxylic acids is 3. The zero-order chi connectivity index (χ0) is 27.5. The fourth-order valence-electron chi connectivity index (χ4n) is 3.47. The zero-order valence-electron chi connectivity index (χ0n) is 21.6. The van der Waals surface area contributed by atoms with Crippen molar-refractivity contribution in [1.82, 2.24) is 10.3 Å². The minimum Gasteiger partial charge on any atom is -0.493 e. The molecule has 1 amide bonds. The molecule has 0 radical (unpaired) electrons. The molecular formula is C28H30N2O8. The van der Waals surface area contributed by atoms with Crippen molar-refractivity contribution in [3.05, 3.63) is 84.2 Å². The normalized spacial score (nSPS) is 12.8. The summed E-state index contributed by atoms with van der Waals surface area (Å²) in [6, 6.07) is 18.8. The van der Waals surface area contributed by atoms with Gasteiger partial charge in [0.05, 0.1) is 7.11 Å². The molecule has 2 aromatic carbocycles. The molecule has 200 valence electrons. The topological polar surface area (TPSA) is 122 Å². The van der Waals surface area contributed by atoms with Crippen LogP contribution in [0.3, 0.4) is 0 Å². The van der Waals surface area contributed by atoms with Crippen molar-refractivity contribution in [2.45, 2.75) is 39.0 Å². The molecule has 1 heterocycles. The Morgan fingerprint density at radius 2 is 1.61 bits per heavy atom. The van der Waals surface area contributed by atoms with Crippen LogP contribution < -0.4 is 19.5 Å². The van der Waals surface area contributed by atoms with Crippen LogP contribution in [0.25, 0.3) is 0 Å². The second-order valence-corrected chi connectivity index (χ2v) is 8.19. The molecule has 10 nitrogen and oxygen atoms in total. The summed E-state index contributed by atoms with van der Waals surface area (Å²) < 4.78 is 27.3. The minimum absolute atomic E-state index is 0.0404. The van der Waals surface area contributed by atoms with E-state index in [9.17, 15) is 14.4 Å². The summed E-state index contributed by atoms with van der Waals surface area (Å²) in [4.78, 5) is 41.2. The van der Waals surface area contributed by atoms with Gasteiger partial charge in [-0.1, -0.05) is 48.5 Å². The molecule has 0 bridgehead atoms. The van der Waals surface area contributed by atoms with Gasteiger partial charge in [0.1, 0.15) is 17.9 Å². The van der Waals surface area contributed by atoms with Crippen molar-refractivity contribution in [1.29, 1.82) is 0 Å². The second kappa shape index (κ2) is 13.6. The number of pyridine rings is 1. The van der Waals surface area contributed by atoms with Gasteiger partial charge in [-0.15, -0.1) is 0 Å². The first-order chi connectivity index (χ1) is 18.3. The third kappa shape index (κ3) is 7.70. The molecule has 0 aliphatic rings. The Morgan fingerprint density at radius 3 is 2.24 bits per heavy atom. The van der Waals surface area contributed by atoms with Crippen LogP contribution in [0.5, 0.6) is 17.2 Å². The van der Waals surface area contributed by atoms with Gasteiger partial charge >= 0.3 is 11.9 Å². The predicted molar refractivity (Wildman–Crippen MR) is 137 cm³/mol. The van der Waals surface area contributed by atoms with E-state index >= 15 is 0 Å². The lowest BCUT2D eigenvalue weighted by Gasteiger charge is -2.27. The van der Waals surface area contributed by atoms with E-state index in [1.165, 1.54) is 33.2 Å². The summed E-state index contributed by atoms with van der Waals surface area (Å²) in [5.41, 5.74) is 0.579. The summed E-state index contributed by atoms with van der Waals surface area (Å²) in [6.45, 7) is 4.06. The standard InChI is InChI=1S/C28H30N2O8/c1-18(30-27(32)24-26(36-17-35-20(3)31)23(34-4)15-16-29-24)28(33)38-25(21-11-7-5-8-12-21)19(2)37-22-13-9-6-10-14-22/h5-16,18-19,25H,17H2,1-4H3,(H,30,32)/t18-,19+,25-/m0/s1. The summed E-state index contributed by atoms with van der Waals surface area (Å²) >= 11 is 0. The zero-order valence-corrected chi connectivity index (χ0v) is 21.6. The summed E-state index contributed by atoms with van der Waals surface area (Å²) in [5.74, 6) is -1.17. The van der Waals surface area contributed by atoms with Gasteiger partial charge in [0.2, 0.25) is 6.79 Å². The maximum atomic E-state index is 13.1. The Bertz CT molecular complexity index is 1220. The SMILES string of the molecule is COc1ccnc(C(=O)N[C@@H](C)C(=O)O[C@H](c2ccccc2)[C@@H](C)Oc2ccccc2)c1OCOC(C)=O. The molecule has 38 heavy (non-hydrogen) atoms. The highest BCUT2D eigenvalue weighted by Gasteiger charge is 2.29. The Labute approximate surface area is 220 Å². The van der Waals surface area contributed by atoms with Crippen LogP contribution in [0.15, 0.2) is 72.9 Å². The van der Waals surface area contributed by atoms with Gasteiger partial charge in [0, 0.05) is 19.2 Å². The van der Waals surface area contributed by atoms with Gasteiger partial charge in [-0.3, -0.25) is 9.59 Å². The molecule has 1 N–H and O–H groups in total. The van der Waals surface area contributed by atoms with Crippen molar-refractivity contribution in [3.63, 3.8) is 0 Å². The first-order valence-electron chi connectivity index (χ1n) is 11.9. The van der Waals surface area contributed by atoms with E-state index in [1.54, 1.807) is 6.92 Å². The molecule has 10 heteroatoms. The van der Waals surface area contributed by atoms with E-state index in [0.717, 1.165) is 5.56 Å². The molecule has 3 aromatic rings. The van der Waals surface area contributed by atoms with Gasteiger partial charge < -0.3 is 29.0 Å². The number of methoxy groups -OCH3 is 1. The van der Waals surface area contributed by atoms with Crippen molar-refractivity contribution in [3.8, 4) is 17.2 Å². The van der Waals surface area contributed by atoms with Crippen LogP contribution in [0, 0.1) is 0 Å². The van der Waals surface area contributed by atoms with Gasteiger partial charge in [-0.2, -0.15) is 0 Å². The van der Waals surface area contributed by atoms with Crippen molar-refractivity contribution >= 4 is 17.8 Å². The van der Waals surface area contributed by atoms with Crippen molar-refractivity contribution in [2.75, 3.05) is 13.9 Å². The lowest BCUT2D eigenvalue weighted by atomic mass is 10.0. The summed E-state index contributed by atoms with van der Waals surface area (Å²) in [6.07, 6.45) is 0.0671. The summed E-state index contributed by atoms with van der Waals surface area (Å²) in [5, 5.41) is 2.57. The highest BCUT2D eigenvalue weighted by atomic mass is 16.7. The first kappa shape index (κ1) is 28.0. The average Bonchev–Trinajstić information content (AvgIpc) is 2.92. The fraction of sp³-hybridized carbons (Fsp3) is 0.286. The van der Waals surface area contributed by atoms with E-state index in [2.05, 4.69) is 10.3 Å². The number of ether oxygens (including phenoxy) is 5. The number of aromatic nitrogens is 1. The Morgan fingerprint density at radius 1 is 0.947 bits per heavy atom. The van der Waals surface area contributed by atoms with E-state index in [1.807, 2.05) is 60.7 Å². The molecule has 0 fully saturated rings. The smallest absolute Gasteiger partial charge is 0.329 e. The number of hydrogen-bond acceptors (Lipinski definition) is 9. The Hall–Kier alpha value is -4.60. The molecule has 3 rings (SSSR count). The second-order valence-electron chi connectivity index (χ2n) is 8.19. The predicted octanol–water partition coefficient (Wildman–Crippen LogP) is 3.86. The molecule has 0 unspecified atom stereocenters. The number of carbonyl (C=O) groups is 3. The van der Waals surface area contributed by atoms with Crippen LogP contribution in [0.1, 0.15) is 42.9 Å². The van der Waals surface area contributed by atoms with Crippen LogP contribution in [-0.2, 0) is 19.1 Å². The number of amides is 1. The highest BCUT2D eigenvalue weighted by molar-refractivity contribution is 5.98. The lowest BCUT2D eigenvalue weighted by molar-refractivity contribution is -0.156. The van der Waals surface area contributed by atoms with Crippen molar-refractivity contribution in [2.24, 2.45) is 0 Å². The third-order valence-corrected chi connectivity index (χ3v) is 5.33. The molecular weight excluding hydrogens is 492 g/mol. The van der Waals surface area contributed by atoms with Gasteiger partial charge in [0.25, 0.3) is 5.91 Å². The maximum absolute atomic E-state index is 13.1. The van der Waals surface area contributed by atoms with Crippen molar-refractivity contribution < 1.29 is 38.1 Å². The maximum Gasteiger partial charge on any atom is 0.329 e. The first-order valence-corrected chi connectivity index (χ1v) is 11.9. The molecule has 0 aliphatic carbocycles. The number of hydrogen-bond donors (Lipinski definition) is 1. The fourth-order valence-corrected chi connectivity index (χ4v) is 3.47.